The Balaban J connectivity index is 3.22. The predicted octanol–water partition coefficient (Wildman–Crippen LogP) is 1.61. The topological polar surface area (TPSA) is 43.4 Å². The first-order valence-corrected chi connectivity index (χ1v) is 5.46. The van der Waals surface area contributed by atoms with Crippen LogP contribution in [0.15, 0.2) is 12.1 Å². The van der Waals surface area contributed by atoms with Crippen LogP contribution in [0.25, 0.3) is 0 Å². The molecule has 0 aromatic heterocycles. The fourth-order valence-corrected chi connectivity index (χ4v) is 1.38. The minimum absolute atomic E-state index is 0.348. The lowest BCUT2D eigenvalue weighted by Crippen LogP contribution is -2.08. The van der Waals surface area contributed by atoms with E-state index in [2.05, 4.69) is 4.18 Å². The second-order valence-corrected chi connectivity index (χ2v) is 4.42. The molecule has 1 aromatic rings. The Labute approximate surface area is 80.4 Å². The second kappa shape index (κ2) is 3.53. The molecule has 0 heterocycles. The van der Waals surface area contributed by atoms with Crippen LogP contribution < -0.4 is 4.18 Å². The van der Waals surface area contributed by atoms with Crippen LogP contribution >= 0.6 is 0 Å². The summed E-state index contributed by atoms with van der Waals surface area (Å²) in [6.45, 7) is 1.48. The van der Waals surface area contributed by atoms with E-state index in [0.717, 1.165) is 12.1 Å². The van der Waals surface area contributed by atoms with Crippen LogP contribution in [0, 0.1) is 18.6 Å². The van der Waals surface area contributed by atoms with E-state index < -0.39 is 27.5 Å². The van der Waals surface area contributed by atoms with E-state index in [1.807, 2.05) is 0 Å². The summed E-state index contributed by atoms with van der Waals surface area (Å²) in [4.78, 5) is 0. The van der Waals surface area contributed by atoms with Crippen LogP contribution in [-0.4, -0.2) is 14.7 Å². The number of hydrogen-bond acceptors (Lipinski definition) is 3. The maximum atomic E-state index is 13.0. The fraction of sp³-hybridized carbons (Fsp3) is 0.250. The normalized spacial score (nSPS) is 11.4. The van der Waals surface area contributed by atoms with Crippen LogP contribution in [0.4, 0.5) is 8.78 Å². The summed E-state index contributed by atoms with van der Waals surface area (Å²) < 4.78 is 51.4. The Morgan fingerprint density at radius 3 is 2.00 bits per heavy atom. The van der Waals surface area contributed by atoms with Crippen LogP contribution in [0.1, 0.15) is 5.56 Å². The third kappa shape index (κ3) is 2.66. The summed E-state index contributed by atoms with van der Waals surface area (Å²) in [5.74, 6) is -2.96. The third-order valence-corrected chi connectivity index (χ3v) is 1.85. The highest BCUT2D eigenvalue weighted by atomic mass is 32.2. The van der Waals surface area contributed by atoms with Gasteiger partial charge in [0.25, 0.3) is 0 Å². The molecule has 0 fully saturated rings. The molecule has 0 aliphatic carbocycles. The largest absolute Gasteiger partial charge is 0.376 e. The van der Waals surface area contributed by atoms with E-state index in [-0.39, 0.29) is 0 Å². The standard InChI is InChI=1S/C8H8F2O3S/c1-5-3-6(9)8(7(10)4-5)13-14(2,11)12/h3-4H,1-2H3. The predicted molar refractivity (Wildman–Crippen MR) is 46.6 cm³/mol. The zero-order chi connectivity index (χ0) is 10.9. The van der Waals surface area contributed by atoms with E-state index in [9.17, 15) is 17.2 Å². The van der Waals surface area contributed by atoms with Crippen LogP contribution in [0.3, 0.4) is 0 Å². The van der Waals surface area contributed by atoms with Crippen molar-refractivity contribution < 1.29 is 21.4 Å². The van der Waals surface area contributed by atoms with Crippen LogP contribution in [0.2, 0.25) is 0 Å². The van der Waals surface area contributed by atoms with Crippen LogP contribution in [0.5, 0.6) is 5.75 Å². The Morgan fingerprint density at radius 1 is 1.21 bits per heavy atom. The molecule has 3 nitrogen and oxygen atoms in total. The lowest BCUT2D eigenvalue weighted by atomic mass is 10.2. The van der Waals surface area contributed by atoms with Gasteiger partial charge >= 0.3 is 10.1 Å². The van der Waals surface area contributed by atoms with Gasteiger partial charge in [-0.05, 0) is 24.6 Å². The second-order valence-electron chi connectivity index (χ2n) is 2.85. The molecule has 0 atom stereocenters. The van der Waals surface area contributed by atoms with E-state index in [4.69, 9.17) is 0 Å². The van der Waals surface area contributed by atoms with Crippen molar-refractivity contribution in [2.24, 2.45) is 0 Å². The number of halogens is 2. The summed E-state index contributed by atoms with van der Waals surface area (Å²) in [7, 11) is -3.92. The van der Waals surface area contributed by atoms with Crippen molar-refractivity contribution in [2.45, 2.75) is 6.92 Å². The van der Waals surface area contributed by atoms with Gasteiger partial charge in [-0.2, -0.15) is 8.42 Å². The van der Waals surface area contributed by atoms with Crippen molar-refractivity contribution in [1.82, 2.24) is 0 Å². The van der Waals surface area contributed by atoms with E-state index >= 15 is 0 Å². The first-order chi connectivity index (χ1) is 6.29. The van der Waals surface area contributed by atoms with Gasteiger partial charge in [-0.3, -0.25) is 0 Å². The average molecular weight is 222 g/mol. The summed E-state index contributed by atoms with van der Waals surface area (Å²) in [5.41, 5.74) is 0.348. The van der Waals surface area contributed by atoms with Gasteiger partial charge in [0, 0.05) is 0 Å². The molecule has 0 aliphatic rings. The zero-order valence-electron chi connectivity index (χ0n) is 7.54. The van der Waals surface area contributed by atoms with Crippen molar-refractivity contribution in [1.29, 1.82) is 0 Å². The molecule has 0 aliphatic heterocycles. The molecule has 0 saturated carbocycles. The number of aryl methyl sites for hydroxylation is 1. The van der Waals surface area contributed by atoms with Crippen molar-refractivity contribution in [2.75, 3.05) is 6.26 Å². The first-order valence-electron chi connectivity index (χ1n) is 3.65. The molecule has 0 amide bonds. The van der Waals surface area contributed by atoms with Gasteiger partial charge in [-0.25, -0.2) is 8.78 Å². The fourth-order valence-electron chi connectivity index (χ4n) is 0.918. The quantitative estimate of drug-likeness (QED) is 0.714. The molecule has 0 N–H and O–H groups in total. The van der Waals surface area contributed by atoms with Gasteiger partial charge < -0.3 is 4.18 Å². The van der Waals surface area contributed by atoms with Crippen molar-refractivity contribution >= 4 is 10.1 Å². The molecule has 0 saturated heterocycles. The van der Waals surface area contributed by atoms with Gasteiger partial charge in [0.1, 0.15) is 0 Å². The number of benzene rings is 1. The van der Waals surface area contributed by atoms with Gasteiger partial charge in [-0.15, -0.1) is 0 Å². The van der Waals surface area contributed by atoms with Gasteiger partial charge in [0.05, 0.1) is 6.26 Å². The first kappa shape index (κ1) is 10.9. The minimum atomic E-state index is -3.92. The molecule has 0 spiro atoms. The maximum absolute atomic E-state index is 13.0. The zero-order valence-corrected chi connectivity index (χ0v) is 8.36. The van der Waals surface area contributed by atoms with E-state index in [1.54, 1.807) is 0 Å². The highest BCUT2D eigenvalue weighted by molar-refractivity contribution is 7.86. The van der Waals surface area contributed by atoms with Crippen molar-refractivity contribution in [3.63, 3.8) is 0 Å². The highest BCUT2D eigenvalue weighted by Gasteiger charge is 2.15. The summed E-state index contributed by atoms with van der Waals surface area (Å²) >= 11 is 0. The van der Waals surface area contributed by atoms with E-state index in [1.165, 1.54) is 6.92 Å². The highest BCUT2D eigenvalue weighted by Crippen LogP contribution is 2.23. The van der Waals surface area contributed by atoms with Crippen molar-refractivity contribution in [3.8, 4) is 5.75 Å². The van der Waals surface area contributed by atoms with E-state index in [0.29, 0.717) is 11.8 Å². The number of rotatable bonds is 2. The molecule has 14 heavy (non-hydrogen) atoms. The van der Waals surface area contributed by atoms with Crippen molar-refractivity contribution in [3.05, 3.63) is 29.3 Å². The average Bonchev–Trinajstić information content (AvgIpc) is 1.95. The van der Waals surface area contributed by atoms with Crippen LogP contribution in [-0.2, 0) is 10.1 Å². The Hall–Kier alpha value is -1.17. The SMILES string of the molecule is Cc1cc(F)c(OS(C)(=O)=O)c(F)c1. The molecule has 1 aromatic carbocycles. The monoisotopic (exact) mass is 222 g/mol. The number of hydrogen-bond donors (Lipinski definition) is 0. The maximum Gasteiger partial charge on any atom is 0.306 e. The minimum Gasteiger partial charge on any atom is -0.376 e. The Morgan fingerprint density at radius 2 is 1.64 bits per heavy atom. The molecular formula is C8H8F2O3S. The third-order valence-electron chi connectivity index (χ3n) is 1.38. The lowest BCUT2D eigenvalue weighted by molar-refractivity contribution is 0.437. The smallest absolute Gasteiger partial charge is 0.306 e. The molecule has 0 bridgehead atoms. The Kier molecular flexibility index (Phi) is 2.75. The summed E-state index contributed by atoms with van der Waals surface area (Å²) in [5, 5.41) is 0. The summed E-state index contributed by atoms with van der Waals surface area (Å²) in [6, 6.07) is 1.98. The Bertz CT molecular complexity index is 431. The molecule has 78 valence electrons. The summed E-state index contributed by atoms with van der Waals surface area (Å²) in [6.07, 6.45) is 0.714. The molecular weight excluding hydrogens is 214 g/mol. The molecule has 0 unspecified atom stereocenters. The molecule has 6 heteroatoms. The molecule has 1 rings (SSSR count). The van der Waals surface area contributed by atoms with Gasteiger partial charge in [-0.1, -0.05) is 0 Å². The van der Waals surface area contributed by atoms with Gasteiger partial charge in [0.15, 0.2) is 11.6 Å². The lowest BCUT2D eigenvalue weighted by Gasteiger charge is -2.05. The van der Waals surface area contributed by atoms with Gasteiger partial charge in [0.2, 0.25) is 5.75 Å². The molecule has 0 radical (unpaired) electrons.